The summed E-state index contributed by atoms with van der Waals surface area (Å²) in [6.07, 6.45) is -3.01. The third-order valence-corrected chi connectivity index (χ3v) is 2.71. The van der Waals surface area contributed by atoms with E-state index in [0.717, 1.165) is 13.0 Å². The van der Waals surface area contributed by atoms with Gasteiger partial charge in [0.2, 0.25) is 0 Å². The van der Waals surface area contributed by atoms with Crippen molar-refractivity contribution in [3.8, 4) is 0 Å². The van der Waals surface area contributed by atoms with Crippen molar-refractivity contribution in [2.24, 2.45) is 5.41 Å². The van der Waals surface area contributed by atoms with Crippen molar-refractivity contribution in [1.82, 2.24) is 5.32 Å². The van der Waals surface area contributed by atoms with Crippen LogP contribution in [0.25, 0.3) is 0 Å². The van der Waals surface area contributed by atoms with E-state index >= 15 is 0 Å². The fraction of sp³-hybridized carbons (Fsp3) is 1.00. The lowest BCUT2D eigenvalue weighted by Crippen LogP contribution is -2.30. The van der Waals surface area contributed by atoms with Crippen molar-refractivity contribution < 1.29 is 23.0 Å². The molecule has 2 N–H and O–H groups in total. The van der Waals surface area contributed by atoms with Crippen LogP contribution in [0.3, 0.4) is 0 Å². The molecule has 1 unspecified atom stereocenters. The van der Waals surface area contributed by atoms with Gasteiger partial charge in [0, 0.05) is 18.6 Å². The van der Waals surface area contributed by atoms with Crippen LogP contribution in [-0.2, 0) is 4.74 Å². The molecule has 1 fully saturated rings. The van der Waals surface area contributed by atoms with Crippen molar-refractivity contribution in [3.05, 3.63) is 0 Å². The average molecular weight is 227 g/mol. The number of aliphatic hydroxyl groups is 1. The van der Waals surface area contributed by atoms with Crippen LogP contribution in [0.2, 0.25) is 0 Å². The minimum atomic E-state index is -4.26. The number of nitrogens with one attached hydrogen (secondary N) is 1. The van der Waals surface area contributed by atoms with Crippen LogP contribution in [-0.4, -0.2) is 44.2 Å². The van der Waals surface area contributed by atoms with Crippen molar-refractivity contribution in [2.75, 3.05) is 32.9 Å². The average Bonchev–Trinajstić information content (AvgIpc) is 2.60. The van der Waals surface area contributed by atoms with E-state index < -0.39 is 12.8 Å². The fourth-order valence-electron chi connectivity index (χ4n) is 1.70. The molecule has 1 atom stereocenters. The SMILES string of the molecule is OCC1(CCOCC(F)(F)F)CCNC1. The van der Waals surface area contributed by atoms with Gasteiger partial charge in [-0.05, 0) is 19.4 Å². The first-order chi connectivity index (χ1) is 6.97. The standard InChI is InChI=1S/C9H16F3NO2/c10-9(11,12)7-15-4-2-8(6-14)1-3-13-5-8/h13-14H,1-7H2. The molecule has 1 rings (SSSR count). The lowest BCUT2D eigenvalue weighted by Gasteiger charge is -2.25. The maximum atomic E-state index is 11.7. The molecule has 0 aromatic rings. The second kappa shape index (κ2) is 5.14. The molecular weight excluding hydrogens is 211 g/mol. The zero-order valence-electron chi connectivity index (χ0n) is 8.44. The van der Waals surface area contributed by atoms with Gasteiger partial charge in [-0.1, -0.05) is 0 Å². The number of hydrogen-bond donors (Lipinski definition) is 2. The fourth-order valence-corrected chi connectivity index (χ4v) is 1.70. The molecule has 90 valence electrons. The topological polar surface area (TPSA) is 41.5 Å². The highest BCUT2D eigenvalue weighted by Crippen LogP contribution is 2.29. The molecule has 0 aromatic heterocycles. The van der Waals surface area contributed by atoms with E-state index in [1.165, 1.54) is 0 Å². The van der Waals surface area contributed by atoms with Gasteiger partial charge in [-0.3, -0.25) is 0 Å². The Kier molecular flexibility index (Phi) is 4.36. The van der Waals surface area contributed by atoms with Crippen molar-refractivity contribution >= 4 is 0 Å². The number of alkyl halides is 3. The summed E-state index contributed by atoms with van der Waals surface area (Å²) >= 11 is 0. The predicted octanol–water partition coefficient (Wildman–Crippen LogP) is 0.927. The summed E-state index contributed by atoms with van der Waals surface area (Å²) in [5, 5.41) is 12.2. The first kappa shape index (κ1) is 12.7. The van der Waals surface area contributed by atoms with Crippen LogP contribution >= 0.6 is 0 Å². The number of aliphatic hydroxyl groups excluding tert-OH is 1. The van der Waals surface area contributed by atoms with Gasteiger partial charge in [0.15, 0.2) is 0 Å². The quantitative estimate of drug-likeness (QED) is 0.686. The molecule has 0 radical (unpaired) electrons. The van der Waals surface area contributed by atoms with E-state index in [-0.39, 0.29) is 18.6 Å². The van der Waals surface area contributed by atoms with Gasteiger partial charge in [0.05, 0.1) is 6.61 Å². The Morgan fingerprint density at radius 1 is 1.40 bits per heavy atom. The summed E-state index contributed by atoms with van der Waals surface area (Å²) in [6, 6.07) is 0. The van der Waals surface area contributed by atoms with Crippen molar-refractivity contribution in [1.29, 1.82) is 0 Å². The molecule has 1 heterocycles. The molecule has 15 heavy (non-hydrogen) atoms. The Morgan fingerprint density at radius 2 is 2.13 bits per heavy atom. The second-order valence-corrected chi connectivity index (χ2v) is 4.00. The number of ether oxygens (including phenoxy) is 1. The summed E-state index contributed by atoms with van der Waals surface area (Å²) in [6.45, 7) is 0.289. The molecule has 1 aliphatic rings. The smallest absolute Gasteiger partial charge is 0.396 e. The number of halogens is 3. The van der Waals surface area contributed by atoms with Crippen molar-refractivity contribution in [3.63, 3.8) is 0 Å². The highest BCUT2D eigenvalue weighted by molar-refractivity contribution is 4.87. The highest BCUT2D eigenvalue weighted by atomic mass is 19.4. The zero-order chi connectivity index (χ0) is 11.4. The molecule has 0 aliphatic carbocycles. The normalized spacial score (nSPS) is 27.2. The lowest BCUT2D eigenvalue weighted by molar-refractivity contribution is -0.175. The molecule has 0 bridgehead atoms. The Labute approximate surface area is 86.6 Å². The van der Waals surface area contributed by atoms with E-state index in [2.05, 4.69) is 10.1 Å². The molecule has 0 spiro atoms. The summed E-state index contributed by atoms with van der Waals surface area (Å²) in [7, 11) is 0. The molecule has 0 amide bonds. The summed E-state index contributed by atoms with van der Waals surface area (Å²) < 4.78 is 39.8. The predicted molar refractivity (Wildman–Crippen MR) is 48.5 cm³/mol. The van der Waals surface area contributed by atoms with Crippen LogP contribution in [0.1, 0.15) is 12.8 Å². The number of hydrogen-bond acceptors (Lipinski definition) is 3. The maximum absolute atomic E-state index is 11.7. The lowest BCUT2D eigenvalue weighted by atomic mass is 9.85. The first-order valence-corrected chi connectivity index (χ1v) is 4.94. The van der Waals surface area contributed by atoms with Crippen LogP contribution in [0.15, 0.2) is 0 Å². The van der Waals surface area contributed by atoms with Crippen molar-refractivity contribution in [2.45, 2.75) is 19.0 Å². The minimum Gasteiger partial charge on any atom is -0.396 e. The van der Waals surface area contributed by atoms with Gasteiger partial charge in [0.1, 0.15) is 6.61 Å². The largest absolute Gasteiger partial charge is 0.411 e. The first-order valence-electron chi connectivity index (χ1n) is 4.94. The van der Waals surface area contributed by atoms with Crippen LogP contribution < -0.4 is 5.32 Å². The maximum Gasteiger partial charge on any atom is 0.411 e. The summed E-state index contributed by atoms with van der Waals surface area (Å²) in [4.78, 5) is 0. The molecule has 1 aliphatic heterocycles. The van der Waals surface area contributed by atoms with E-state index in [4.69, 9.17) is 5.11 Å². The molecular formula is C9H16F3NO2. The Morgan fingerprint density at radius 3 is 2.60 bits per heavy atom. The van der Waals surface area contributed by atoms with Crippen LogP contribution in [0.5, 0.6) is 0 Å². The molecule has 0 aromatic carbocycles. The third kappa shape index (κ3) is 4.36. The summed E-state index contributed by atoms with van der Waals surface area (Å²) in [5.41, 5.74) is -0.286. The van der Waals surface area contributed by atoms with Crippen LogP contribution in [0.4, 0.5) is 13.2 Å². The van der Waals surface area contributed by atoms with E-state index in [9.17, 15) is 13.2 Å². The molecule has 6 heteroatoms. The monoisotopic (exact) mass is 227 g/mol. The Bertz CT molecular complexity index is 190. The van der Waals surface area contributed by atoms with Gasteiger partial charge in [-0.15, -0.1) is 0 Å². The third-order valence-electron chi connectivity index (χ3n) is 2.71. The Hall–Kier alpha value is -0.330. The van der Waals surface area contributed by atoms with Gasteiger partial charge in [0.25, 0.3) is 0 Å². The van der Waals surface area contributed by atoms with Gasteiger partial charge in [-0.2, -0.15) is 13.2 Å². The zero-order valence-corrected chi connectivity index (χ0v) is 8.44. The molecule has 0 saturated carbocycles. The van der Waals surface area contributed by atoms with E-state index in [0.29, 0.717) is 13.0 Å². The summed E-state index contributed by atoms with van der Waals surface area (Å²) in [5.74, 6) is 0. The van der Waals surface area contributed by atoms with E-state index in [1.807, 2.05) is 0 Å². The van der Waals surface area contributed by atoms with Gasteiger partial charge < -0.3 is 15.2 Å². The van der Waals surface area contributed by atoms with Crippen LogP contribution in [0, 0.1) is 5.41 Å². The van der Waals surface area contributed by atoms with Gasteiger partial charge >= 0.3 is 6.18 Å². The van der Waals surface area contributed by atoms with Gasteiger partial charge in [-0.25, -0.2) is 0 Å². The minimum absolute atomic E-state index is 0.00459. The van der Waals surface area contributed by atoms with E-state index in [1.54, 1.807) is 0 Å². The Balaban J connectivity index is 2.18. The molecule has 3 nitrogen and oxygen atoms in total. The second-order valence-electron chi connectivity index (χ2n) is 4.00. The molecule has 1 saturated heterocycles. The highest BCUT2D eigenvalue weighted by Gasteiger charge is 2.33. The number of rotatable bonds is 5.